The Morgan fingerprint density at radius 2 is 1.58 bits per heavy atom. The second-order valence-electron chi connectivity index (χ2n) is 4.25. The first kappa shape index (κ1) is 11.5. The van der Waals surface area contributed by atoms with Crippen LogP contribution in [0.1, 0.15) is 37.7 Å². The minimum atomic E-state index is -0.341. The van der Waals surface area contributed by atoms with E-state index in [1.54, 1.807) is 19.1 Å². The molecule has 5 heteroatoms. The van der Waals surface area contributed by atoms with Gasteiger partial charge in [0.1, 0.15) is 17.1 Å². The van der Waals surface area contributed by atoms with E-state index in [4.69, 9.17) is 4.74 Å². The van der Waals surface area contributed by atoms with Crippen LogP contribution < -0.4 is 4.74 Å². The molecular weight excluding hydrogens is 244 g/mol. The van der Waals surface area contributed by atoms with E-state index in [1.807, 2.05) is 0 Å². The summed E-state index contributed by atoms with van der Waals surface area (Å²) in [5.74, 6) is -0.246. The summed E-state index contributed by atoms with van der Waals surface area (Å²) in [5.41, 5.74) is 1.55. The fourth-order valence-corrected chi connectivity index (χ4v) is 2.26. The van der Waals surface area contributed by atoms with Crippen molar-refractivity contribution in [3.05, 3.63) is 52.6 Å². The minimum absolute atomic E-state index is 0.106. The van der Waals surface area contributed by atoms with Crippen LogP contribution in [0.15, 0.2) is 24.5 Å². The van der Waals surface area contributed by atoms with Crippen LogP contribution in [0.4, 0.5) is 0 Å². The Morgan fingerprint density at radius 1 is 0.947 bits per heavy atom. The average Bonchev–Trinajstić information content (AvgIpc) is 2.43. The van der Waals surface area contributed by atoms with Crippen LogP contribution in [0, 0.1) is 6.92 Å². The van der Waals surface area contributed by atoms with Crippen LogP contribution in [0.2, 0.25) is 0 Å². The van der Waals surface area contributed by atoms with Crippen LogP contribution in [0.25, 0.3) is 0 Å². The number of rotatable bonds is 1. The molecule has 0 amide bonds. The van der Waals surface area contributed by atoms with Crippen LogP contribution in [0.5, 0.6) is 5.75 Å². The number of hydrogen-bond donors (Lipinski definition) is 0. The van der Waals surface area contributed by atoms with E-state index in [9.17, 15) is 9.59 Å². The number of pyridine rings is 2. The standard InChI is InChI=1S/C14H10N2O3/c1-7-3-5-15-11-9(7)13(17)10-8(19-2)4-6-16-12(10)14(11)18/h3-6H,1-2H3. The monoisotopic (exact) mass is 254 g/mol. The molecule has 0 saturated heterocycles. The molecule has 2 aromatic heterocycles. The molecule has 3 rings (SSSR count). The molecule has 0 N–H and O–H groups in total. The van der Waals surface area contributed by atoms with Gasteiger partial charge >= 0.3 is 0 Å². The van der Waals surface area contributed by atoms with Gasteiger partial charge in [-0.25, -0.2) is 0 Å². The van der Waals surface area contributed by atoms with E-state index in [0.29, 0.717) is 11.3 Å². The van der Waals surface area contributed by atoms with Crippen LogP contribution in [-0.2, 0) is 0 Å². The highest BCUT2D eigenvalue weighted by molar-refractivity contribution is 6.28. The van der Waals surface area contributed by atoms with Crippen molar-refractivity contribution in [2.75, 3.05) is 7.11 Å². The summed E-state index contributed by atoms with van der Waals surface area (Å²) in [6, 6.07) is 3.28. The molecule has 0 fully saturated rings. The van der Waals surface area contributed by atoms with Crippen LogP contribution >= 0.6 is 0 Å². The van der Waals surface area contributed by atoms with Gasteiger partial charge < -0.3 is 4.74 Å². The molecule has 2 heterocycles. The topological polar surface area (TPSA) is 69.2 Å². The maximum Gasteiger partial charge on any atom is 0.231 e. The Labute approximate surface area is 109 Å². The lowest BCUT2D eigenvalue weighted by atomic mass is 9.87. The molecule has 0 bridgehead atoms. The Balaban J connectivity index is 2.37. The summed E-state index contributed by atoms with van der Waals surface area (Å²) in [5, 5.41) is 0. The van der Waals surface area contributed by atoms with Crippen molar-refractivity contribution in [3.8, 4) is 5.75 Å². The summed E-state index contributed by atoms with van der Waals surface area (Å²) < 4.78 is 5.15. The Hall–Kier alpha value is -2.56. The molecule has 0 unspecified atom stereocenters. The van der Waals surface area contributed by atoms with Gasteiger partial charge in [-0.05, 0) is 24.6 Å². The molecule has 5 nitrogen and oxygen atoms in total. The smallest absolute Gasteiger partial charge is 0.231 e. The average molecular weight is 254 g/mol. The third kappa shape index (κ3) is 1.48. The molecule has 1 aliphatic rings. The zero-order valence-electron chi connectivity index (χ0n) is 10.4. The van der Waals surface area contributed by atoms with Gasteiger partial charge in [-0.1, -0.05) is 0 Å². The number of fused-ring (bicyclic) bond motifs is 2. The van der Waals surface area contributed by atoms with Crippen molar-refractivity contribution >= 4 is 11.6 Å². The van der Waals surface area contributed by atoms with E-state index >= 15 is 0 Å². The maximum atomic E-state index is 12.5. The van der Waals surface area contributed by atoms with Gasteiger partial charge in [0.15, 0.2) is 0 Å². The fraction of sp³-hybridized carbons (Fsp3) is 0.143. The van der Waals surface area contributed by atoms with Crippen molar-refractivity contribution in [1.82, 2.24) is 9.97 Å². The van der Waals surface area contributed by atoms with Crippen molar-refractivity contribution in [2.24, 2.45) is 0 Å². The summed E-state index contributed by atoms with van der Waals surface area (Å²) in [6.45, 7) is 1.78. The summed E-state index contributed by atoms with van der Waals surface area (Å²) in [7, 11) is 1.46. The van der Waals surface area contributed by atoms with Gasteiger partial charge in [-0.15, -0.1) is 0 Å². The van der Waals surface area contributed by atoms with Crippen LogP contribution in [-0.4, -0.2) is 28.6 Å². The highest BCUT2D eigenvalue weighted by Gasteiger charge is 2.35. The number of hydrogen-bond acceptors (Lipinski definition) is 5. The van der Waals surface area contributed by atoms with Gasteiger partial charge in [-0.3, -0.25) is 19.6 Å². The van der Waals surface area contributed by atoms with E-state index in [0.717, 1.165) is 5.56 Å². The molecule has 2 aromatic rings. The van der Waals surface area contributed by atoms with Gasteiger partial charge in [0.25, 0.3) is 0 Å². The van der Waals surface area contributed by atoms with E-state index in [-0.39, 0.29) is 28.5 Å². The Kier molecular flexibility index (Phi) is 2.41. The summed E-state index contributed by atoms with van der Waals surface area (Å²) in [6.07, 6.45) is 2.97. The van der Waals surface area contributed by atoms with Gasteiger partial charge in [0.2, 0.25) is 11.6 Å². The number of carbonyl (C=O) groups excluding carboxylic acids is 2. The van der Waals surface area contributed by atoms with Crippen molar-refractivity contribution in [3.63, 3.8) is 0 Å². The van der Waals surface area contributed by atoms with E-state index in [2.05, 4.69) is 9.97 Å². The van der Waals surface area contributed by atoms with Gasteiger partial charge in [0.05, 0.1) is 18.2 Å². The van der Waals surface area contributed by atoms with Crippen molar-refractivity contribution in [1.29, 1.82) is 0 Å². The molecule has 1 aliphatic carbocycles. The molecule has 0 radical (unpaired) electrons. The molecule has 94 valence electrons. The Bertz CT molecular complexity index is 723. The summed E-state index contributed by atoms with van der Waals surface area (Å²) >= 11 is 0. The molecule has 0 aromatic carbocycles. The quantitative estimate of drug-likeness (QED) is 0.659. The zero-order valence-corrected chi connectivity index (χ0v) is 10.4. The molecule has 0 saturated carbocycles. The number of carbonyl (C=O) groups is 2. The minimum Gasteiger partial charge on any atom is -0.496 e. The lowest BCUT2D eigenvalue weighted by Crippen LogP contribution is -2.25. The number of ether oxygens (including phenoxy) is 1. The van der Waals surface area contributed by atoms with Crippen LogP contribution in [0.3, 0.4) is 0 Å². The number of aromatic nitrogens is 2. The highest BCUT2D eigenvalue weighted by Crippen LogP contribution is 2.31. The van der Waals surface area contributed by atoms with E-state index in [1.165, 1.54) is 19.5 Å². The predicted octanol–water partition coefficient (Wildman–Crippen LogP) is 1.57. The SMILES string of the molecule is COc1ccnc2c1C(=O)c1c(C)ccnc1C2=O. The first-order valence-electron chi connectivity index (χ1n) is 5.73. The maximum absolute atomic E-state index is 12.5. The molecule has 0 aliphatic heterocycles. The molecule has 19 heavy (non-hydrogen) atoms. The molecule has 0 atom stereocenters. The Morgan fingerprint density at radius 3 is 2.26 bits per heavy atom. The second-order valence-corrected chi connectivity index (χ2v) is 4.25. The van der Waals surface area contributed by atoms with Gasteiger partial charge in [-0.2, -0.15) is 0 Å². The number of ketones is 2. The van der Waals surface area contributed by atoms with Crippen molar-refractivity contribution in [2.45, 2.75) is 6.92 Å². The number of aryl methyl sites for hydroxylation is 1. The van der Waals surface area contributed by atoms with Crippen molar-refractivity contribution < 1.29 is 14.3 Å². The number of methoxy groups -OCH3 is 1. The third-order valence-corrected chi connectivity index (χ3v) is 3.18. The molecular formula is C14H10N2O3. The lowest BCUT2D eigenvalue weighted by Gasteiger charge is -2.18. The molecule has 0 spiro atoms. The zero-order chi connectivity index (χ0) is 13.6. The highest BCUT2D eigenvalue weighted by atomic mass is 16.5. The van der Waals surface area contributed by atoms with Gasteiger partial charge in [0, 0.05) is 12.4 Å². The largest absolute Gasteiger partial charge is 0.496 e. The van der Waals surface area contributed by atoms with E-state index < -0.39 is 0 Å². The lowest BCUT2D eigenvalue weighted by molar-refractivity contribution is 0.0968. The fourth-order valence-electron chi connectivity index (χ4n) is 2.26. The third-order valence-electron chi connectivity index (χ3n) is 3.18. The first-order valence-corrected chi connectivity index (χ1v) is 5.73. The number of nitrogens with zero attached hydrogens (tertiary/aromatic N) is 2. The normalized spacial score (nSPS) is 12.9. The predicted molar refractivity (Wildman–Crippen MR) is 66.6 cm³/mol. The summed E-state index contributed by atoms with van der Waals surface area (Å²) in [4.78, 5) is 32.9. The first-order chi connectivity index (χ1) is 9.15. The second kappa shape index (κ2) is 3.98.